The van der Waals surface area contributed by atoms with Crippen molar-refractivity contribution in [1.29, 1.82) is 0 Å². The van der Waals surface area contributed by atoms with E-state index in [-0.39, 0.29) is 11.5 Å². The molecule has 1 aliphatic rings. The van der Waals surface area contributed by atoms with Crippen molar-refractivity contribution in [1.82, 2.24) is 4.57 Å². The Bertz CT molecular complexity index is 771. The number of carbonyl (C=O) groups excluding carboxylic acids is 1. The van der Waals surface area contributed by atoms with Gasteiger partial charge in [-0.05, 0) is 11.6 Å². The predicted octanol–water partition coefficient (Wildman–Crippen LogP) is 2.38. The Morgan fingerprint density at radius 3 is 2.73 bits per heavy atom. The van der Waals surface area contributed by atoms with E-state index in [1.807, 2.05) is 36.4 Å². The van der Waals surface area contributed by atoms with Crippen LogP contribution in [0.25, 0.3) is 11.1 Å². The molecule has 6 heteroatoms. The van der Waals surface area contributed by atoms with E-state index in [0.717, 1.165) is 16.2 Å². The van der Waals surface area contributed by atoms with Crippen LogP contribution in [0.2, 0.25) is 0 Å². The Labute approximate surface area is 132 Å². The summed E-state index contributed by atoms with van der Waals surface area (Å²) < 4.78 is 6.38. The number of nitrogens with zero attached hydrogens (tertiary/aromatic N) is 1. The summed E-state index contributed by atoms with van der Waals surface area (Å²) in [5, 5.41) is 3.73. The number of pyridine rings is 1. The second-order valence-corrected chi connectivity index (χ2v) is 5.93. The maximum Gasteiger partial charge on any atom is 0.329 e. The van der Waals surface area contributed by atoms with Crippen molar-refractivity contribution in [3.63, 3.8) is 0 Å². The molecular formula is C16H16N2O3S. The van der Waals surface area contributed by atoms with Gasteiger partial charge in [0.2, 0.25) is 0 Å². The van der Waals surface area contributed by atoms with E-state index in [1.165, 1.54) is 18.9 Å². The number of methoxy groups -OCH3 is 1. The molecule has 3 rings (SSSR count). The first kappa shape index (κ1) is 14.7. The van der Waals surface area contributed by atoms with Crippen LogP contribution in [0.4, 0.5) is 5.69 Å². The van der Waals surface area contributed by atoms with E-state index in [1.54, 1.807) is 11.6 Å². The maximum absolute atomic E-state index is 12.6. The fourth-order valence-corrected chi connectivity index (χ4v) is 3.88. The van der Waals surface area contributed by atoms with Crippen LogP contribution in [0.5, 0.6) is 0 Å². The highest BCUT2D eigenvalue weighted by atomic mass is 32.2. The van der Waals surface area contributed by atoms with Crippen molar-refractivity contribution in [3.05, 3.63) is 46.8 Å². The van der Waals surface area contributed by atoms with Crippen LogP contribution < -0.4 is 10.9 Å². The predicted molar refractivity (Wildman–Crippen MR) is 87.5 cm³/mol. The molecule has 1 aromatic carbocycles. The first-order valence-electron chi connectivity index (χ1n) is 6.90. The molecule has 2 aromatic rings. The van der Waals surface area contributed by atoms with E-state index in [4.69, 9.17) is 4.74 Å². The zero-order chi connectivity index (χ0) is 15.7. The van der Waals surface area contributed by atoms with Crippen LogP contribution in [0.15, 0.2) is 46.2 Å². The number of hydrogen-bond donors (Lipinski definition) is 1. The fourth-order valence-electron chi connectivity index (χ4n) is 2.60. The third-order valence-electron chi connectivity index (χ3n) is 3.70. The standard InChI is InChI=1S/C16H16N2O3S/c1-17-12-8-11(10-6-4-3-5-7-10)15-18(14(12)19)13(9-22-15)16(20)21-2/h3-8,13,17H,9H2,1-2H3/t13-/m0/s1. The van der Waals surface area contributed by atoms with Crippen LogP contribution >= 0.6 is 11.8 Å². The van der Waals surface area contributed by atoms with Gasteiger partial charge in [-0.25, -0.2) is 4.79 Å². The normalized spacial score (nSPS) is 16.2. The number of hydrogen-bond acceptors (Lipinski definition) is 5. The Morgan fingerprint density at radius 1 is 1.36 bits per heavy atom. The molecule has 114 valence electrons. The molecule has 0 fully saturated rings. The van der Waals surface area contributed by atoms with Gasteiger partial charge in [-0.15, -0.1) is 11.8 Å². The maximum atomic E-state index is 12.6. The smallest absolute Gasteiger partial charge is 0.329 e. The number of fused-ring (bicyclic) bond motifs is 1. The molecule has 5 nitrogen and oxygen atoms in total. The summed E-state index contributed by atoms with van der Waals surface area (Å²) in [6.07, 6.45) is 0. The number of anilines is 1. The number of thioether (sulfide) groups is 1. The second-order valence-electron chi connectivity index (χ2n) is 4.92. The minimum Gasteiger partial charge on any atom is -0.467 e. The van der Waals surface area contributed by atoms with E-state index in [0.29, 0.717) is 11.4 Å². The third kappa shape index (κ3) is 2.29. The van der Waals surface area contributed by atoms with Gasteiger partial charge in [-0.1, -0.05) is 30.3 Å². The number of carbonyl (C=O) groups is 1. The first-order valence-corrected chi connectivity index (χ1v) is 7.89. The molecule has 1 aliphatic heterocycles. The summed E-state index contributed by atoms with van der Waals surface area (Å²) in [5.74, 6) is 0.121. The quantitative estimate of drug-likeness (QED) is 0.881. The van der Waals surface area contributed by atoms with E-state index in [2.05, 4.69) is 5.32 Å². The summed E-state index contributed by atoms with van der Waals surface area (Å²) in [6.45, 7) is 0. The van der Waals surface area contributed by atoms with Gasteiger partial charge in [-0.3, -0.25) is 9.36 Å². The average molecular weight is 316 g/mol. The second kappa shape index (κ2) is 5.88. The van der Waals surface area contributed by atoms with Gasteiger partial charge in [0.15, 0.2) is 0 Å². The van der Waals surface area contributed by atoms with Gasteiger partial charge in [0.05, 0.1) is 12.1 Å². The van der Waals surface area contributed by atoms with Gasteiger partial charge in [0.1, 0.15) is 11.7 Å². The minimum atomic E-state index is -0.576. The molecule has 22 heavy (non-hydrogen) atoms. The first-order chi connectivity index (χ1) is 10.7. The Kier molecular flexibility index (Phi) is 3.94. The number of esters is 1. The van der Waals surface area contributed by atoms with Crippen molar-refractivity contribution in [2.24, 2.45) is 0 Å². The molecule has 2 heterocycles. The lowest BCUT2D eigenvalue weighted by Crippen LogP contribution is -2.31. The molecule has 1 atom stereocenters. The lowest BCUT2D eigenvalue weighted by molar-refractivity contribution is -0.143. The zero-order valence-electron chi connectivity index (χ0n) is 12.3. The molecular weight excluding hydrogens is 300 g/mol. The lowest BCUT2D eigenvalue weighted by atomic mass is 10.1. The van der Waals surface area contributed by atoms with Crippen LogP contribution in [0.1, 0.15) is 6.04 Å². The van der Waals surface area contributed by atoms with E-state index < -0.39 is 6.04 Å². The van der Waals surface area contributed by atoms with E-state index >= 15 is 0 Å². The molecule has 1 aromatic heterocycles. The SMILES string of the molecule is CNc1cc(-c2ccccc2)c2n(c1=O)[C@H](C(=O)OC)CS2. The van der Waals surface area contributed by atoms with Crippen molar-refractivity contribution in [2.75, 3.05) is 25.2 Å². The van der Waals surface area contributed by atoms with Gasteiger partial charge in [-0.2, -0.15) is 0 Å². The molecule has 0 aliphatic carbocycles. The molecule has 0 unspecified atom stereocenters. The van der Waals surface area contributed by atoms with Crippen LogP contribution in [0.3, 0.4) is 0 Å². The summed E-state index contributed by atoms with van der Waals surface area (Å²) in [5.41, 5.74) is 2.23. The average Bonchev–Trinajstić information content (AvgIpc) is 3.01. The molecule has 0 radical (unpaired) electrons. The highest BCUT2D eigenvalue weighted by molar-refractivity contribution is 7.99. The summed E-state index contributed by atoms with van der Waals surface area (Å²) in [7, 11) is 3.05. The molecule has 0 saturated carbocycles. The van der Waals surface area contributed by atoms with Crippen LogP contribution in [-0.4, -0.2) is 30.4 Å². The van der Waals surface area contributed by atoms with Crippen molar-refractivity contribution < 1.29 is 9.53 Å². The lowest BCUT2D eigenvalue weighted by Gasteiger charge is -2.15. The van der Waals surface area contributed by atoms with Crippen LogP contribution in [-0.2, 0) is 9.53 Å². The molecule has 0 saturated heterocycles. The molecule has 0 amide bonds. The Morgan fingerprint density at radius 2 is 2.09 bits per heavy atom. The zero-order valence-corrected chi connectivity index (χ0v) is 13.1. The third-order valence-corrected chi connectivity index (χ3v) is 4.88. The number of rotatable bonds is 3. The van der Waals surface area contributed by atoms with Gasteiger partial charge in [0, 0.05) is 18.4 Å². The Hall–Kier alpha value is -2.21. The Balaban J connectivity index is 2.25. The topological polar surface area (TPSA) is 60.3 Å². The number of nitrogens with one attached hydrogen (secondary N) is 1. The highest BCUT2D eigenvalue weighted by Crippen LogP contribution is 2.40. The number of aromatic nitrogens is 1. The monoisotopic (exact) mass is 316 g/mol. The number of ether oxygens (including phenoxy) is 1. The molecule has 1 N–H and O–H groups in total. The van der Waals surface area contributed by atoms with E-state index in [9.17, 15) is 9.59 Å². The summed E-state index contributed by atoms with van der Waals surface area (Å²) in [6, 6.07) is 11.1. The highest BCUT2D eigenvalue weighted by Gasteiger charge is 2.33. The molecule has 0 bridgehead atoms. The molecule has 0 spiro atoms. The number of benzene rings is 1. The van der Waals surface area contributed by atoms with Gasteiger partial charge >= 0.3 is 5.97 Å². The van der Waals surface area contributed by atoms with Crippen molar-refractivity contribution >= 4 is 23.4 Å². The van der Waals surface area contributed by atoms with Crippen LogP contribution in [0, 0.1) is 0 Å². The summed E-state index contributed by atoms with van der Waals surface area (Å²) >= 11 is 1.51. The fraction of sp³-hybridized carbons (Fsp3) is 0.250. The van der Waals surface area contributed by atoms with Crippen molar-refractivity contribution in [2.45, 2.75) is 11.1 Å². The van der Waals surface area contributed by atoms with Gasteiger partial charge < -0.3 is 10.1 Å². The minimum absolute atomic E-state index is 0.197. The summed E-state index contributed by atoms with van der Waals surface area (Å²) in [4.78, 5) is 24.5. The van der Waals surface area contributed by atoms with Crippen molar-refractivity contribution in [3.8, 4) is 11.1 Å². The largest absolute Gasteiger partial charge is 0.467 e. The van der Waals surface area contributed by atoms with Gasteiger partial charge in [0.25, 0.3) is 5.56 Å².